The third kappa shape index (κ3) is 3.41. The van der Waals surface area contributed by atoms with Crippen molar-refractivity contribution in [2.24, 2.45) is 0 Å². The van der Waals surface area contributed by atoms with Crippen molar-refractivity contribution in [2.45, 2.75) is 19.4 Å². The van der Waals surface area contributed by atoms with Gasteiger partial charge in [-0.25, -0.2) is 4.98 Å². The minimum Gasteiger partial charge on any atom is -0.349 e. The Balaban J connectivity index is 2.78. The van der Waals surface area contributed by atoms with Crippen LogP contribution in [0.15, 0.2) is 12.1 Å². The molecule has 1 unspecified atom stereocenters. The lowest BCUT2D eigenvalue weighted by atomic mass is 10.2. The van der Waals surface area contributed by atoms with Gasteiger partial charge in [-0.15, -0.1) is 12.3 Å². The van der Waals surface area contributed by atoms with Gasteiger partial charge in [0.1, 0.15) is 10.3 Å². The van der Waals surface area contributed by atoms with Gasteiger partial charge in [0, 0.05) is 12.5 Å². The summed E-state index contributed by atoms with van der Waals surface area (Å²) < 4.78 is 0. The predicted octanol–water partition coefficient (Wildman–Crippen LogP) is 2.53. The van der Waals surface area contributed by atoms with Gasteiger partial charge in [-0.3, -0.25) is 4.79 Å². The molecule has 1 heterocycles. The zero-order valence-corrected chi connectivity index (χ0v) is 10.1. The molecule has 84 valence electrons. The van der Waals surface area contributed by atoms with Crippen molar-refractivity contribution < 1.29 is 4.79 Å². The van der Waals surface area contributed by atoms with E-state index in [1.165, 1.54) is 12.1 Å². The number of rotatable bonds is 3. The molecule has 0 bridgehead atoms. The zero-order chi connectivity index (χ0) is 12.1. The summed E-state index contributed by atoms with van der Waals surface area (Å²) >= 11 is 11.4. The number of amides is 1. The molecule has 0 saturated heterocycles. The van der Waals surface area contributed by atoms with Gasteiger partial charge in [-0.1, -0.05) is 23.2 Å². The van der Waals surface area contributed by atoms with E-state index in [-0.39, 0.29) is 27.8 Å². The van der Waals surface area contributed by atoms with Gasteiger partial charge in [0.2, 0.25) is 0 Å². The van der Waals surface area contributed by atoms with Crippen molar-refractivity contribution in [3.05, 3.63) is 28.0 Å². The highest BCUT2D eigenvalue weighted by Gasteiger charge is 2.13. The van der Waals surface area contributed by atoms with Crippen LogP contribution >= 0.6 is 23.2 Å². The number of pyridine rings is 1. The molecule has 0 radical (unpaired) electrons. The summed E-state index contributed by atoms with van der Waals surface area (Å²) in [6.45, 7) is 1.81. The Morgan fingerprint density at radius 1 is 1.62 bits per heavy atom. The topological polar surface area (TPSA) is 42.0 Å². The molecule has 0 aliphatic heterocycles. The fourth-order valence-corrected chi connectivity index (χ4v) is 1.54. The van der Waals surface area contributed by atoms with Crippen molar-refractivity contribution in [1.29, 1.82) is 0 Å². The normalized spacial score (nSPS) is 11.6. The van der Waals surface area contributed by atoms with E-state index in [1.54, 1.807) is 0 Å². The fraction of sp³-hybridized carbons (Fsp3) is 0.273. The Bertz CT molecular complexity index is 440. The average molecular weight is 257 g/mol. The first kappa shape index (κ1) is 12.8. The van der Waals surface area contributed by atoms with Crippen LogP contribution < -0.4 is 5.32 Å². The Kier molecular flexibility index (Phi) is 4.60. The van der Waals surface area contributed by atoms with Crippen LogP contribution in [0.4, 0.5) is 0 Å². The molecule has 5 heteroatoms. The highest BCUT2D eigenvalue weighted by Crippen LogP contribution is 2.16. The molecule has 16 heavy (non-hydrogen) atoms. The van der Waals surface area contributed by atoms with E-state index >= 15 is 0 Å². The van der Waals surface area contributed by atoms with E-state index in [2.05, 4.69) is 16.2 Å². The van der Waals surface area contributed by atoms with E-state index in [0.717, 1.165) is 0 Å². The number of nitrogens with one attached hydrogen (secondary N) is 1. The van der Waals surface area contributed by atoms with E-state index in [1.807, 2.05) is 6.92 Å². The third-order valence-corrected chi connectivity index (χ3v) is 2.36. The summed E-state index contributed by atoms with van der Waals surface area (Å²) in [5.41, 5.74) is 0.287. The molecule has 0 saturated carbocycles. The third-order valence-electron chi connectivity index (χ3n) is 1.86. The number of aromatic nitrogens is 1. The molecular formula is C11H10Cl2N2O. The number of halogens is 2. The van der Waals surface area contributed by atoms with Crippen LogP contribution in [0.25, 0.3) is 0 Å². The molecule has 0 aliphatic rings. The molecule has 1 amide bonds. The summed E-state index contributed by atoms with van der Waals surface area (Å²) in [6, 6.07) is 2.92. The maximum Gasteiger partial charge on any atom is 0.254 e. The summed E-state index contributed by atoms with van der Waals surface area (Å²) in [7, 11) is 0. The van der Waals surface area contributed by atoms with Crippen molar-refractivity contribution in [3.63, 3.8) is 0 Å². The van der Waals surface area contributed by atoms with Crippen LogP contribution in [0.5, 0.6) is 0 Å². The molecule has 1 atom stereocenters. The second-order valence-corrected chi connectivity index (χ2v) is 4.00. The van der Waals surface area contributed by atoms with E-state index in [9.17, 15) is 4.79 Å². The number of carbonyl (C=O) groups is 1. The smallest absolute Gasteiger partial charge is 0.254 e. The van der Waals surface area contributed by atoms with Gasteiger partial charge in [0.05, 0.1) is 5.56 Å². The zero-order valence-electron chi connectivity index (χ0n) is 8.63. The number of terminal acetylenes is 1. The van der Waals surface area contributed by atoms with E-state index in [4.69, 9.17) is 29.6 Å². The van der Waals surface area contributed by atoms with E-state index in [0.29, 0.717) is 6.42 Å². The van der Waals surface area contributed by atoms with Gasteiger partial charge >= 0.3 is 0 Å². The first-order valence-electron chi connectivity index (χ1n) is 4.61. The summed E-state index contributed by atoms with van der Waals surface area (Å²) in [6.07, 6.45) is 5.60. The minimum absolute atomic E-state index is 0.0814. The first-order valence-corrected chi connectivity index (χ1v) is 5.36. The number of hydrogen-bond acceptors (Lipinski definition) is 2. The maximum atomic E-state index is 11.7. The quantitative estimate of drug-likeness (QED) is 0.667. The highest BCUT2D eigenvalue weighted by atomic mass is 35.5. The molecule has 0 aliphatic carbocycles. The van der Waals surface area contributed by atoms with Gasteiger partial charge in [0.15, 0.2) is 0 Å². The first-order chi connectivity index (χ1) is 7.54. The van der Waals surface area contributed by atoms with E-state index < -0.39 is 0 Å². The highest BCUT2D eigenvalue weighted by molar-refractivity contribution is 6.34. The second-order valence-electron chi connectivity index (χ2n) is 3.26. The van der Waals surface area contributed by atoms with Crippen LogP contribution in [0.1, 0.15) is 23.7 Å². The monoisotopic (exact) mass is 256 g/mol. The Hall–Kier alpha value is -1.24. The lowest BCUT2D eigenvalue weighted by molar-refractivity contribution is 0.0940. The lowest BCUT2D eigenvalue weighted by Gasteiger charge is -2.11. The maximum absolute atomic E-state index is 11.7. The molecule has 1 rings (SSSR count). The summed E-state index contributed by atoms with van der Waals surface area (Å²) in [4.78, 5) is 15.5. The Morgan fingerprint density at radius 2 is 2.31 bits per heavy atom. The molecule has 1 aromatic rings. The van der Waals surface area contributed by atoms with Gasteiger partial charge in [-0.2, -0.15) is 0 Å². The van der Waals surface area contributed by atoms with Gasteiger partial charge < -0.3 is 5.32 Å². The van der Waals surface area contributed by atoms with Gasteiger partial charge in [0.25, 0.3) is 5.91 Å². The van der Waals surface area contributed by atoms with Crippen LogP contribution in [-0.2, 0) is 0 Å². The lowest BCUT2D eigenvalue weighted by Crippen LogP contribution is -2.32. The summed E-state index contributed by atoms with van der Waals surface area (Å²) in [5, 5.41) is 3.04. The molecule has 1 N–H and O–H groups in total. The van der Waals surface area contributed by atoms with Crippen molar-refractivity contribution in [3.8, 4) is 12.3 Å². The number of hydrogen-bond donors (Lipinski definition) is 1. The molecule has 1 aromatic heterocycles. The molecule has 0 fully saturated rings. The van der Waals surface area contributed by atoms with Crippen molar-refractivity contribution in [1.82, 2.24) is 10.3 Å². The SMILES string of the molecule is C#CCC(C)NC(=O)c1ccc(Cl)nc1Cl. The van der Waals surface area contributed by atoms with Gasteiger partial charge in [-0.05, 0) is 19.1 Å². The molecular weight excluding hydrogens is 247 g/mol. The van der Waals surface area contributed by atoms with Crippen LogP contribution in [0.2, 0.25) is 10.3 Å². The molecule has 0 spiro atoms. The summed E-state index contributed by atoms with van der Waals surface area (Å²) in [5.74, 6) is 2.16. The number of carbonyl (C=O) groups excluding carboxylic acids is 1. The number of nitrogens with zero attached hydrogens (tertiary/aromatic N) is 1. The van der Waals surface area contributed by atoms with Crippen molar-refractivity contribution >= 4 is 29.1 Å². The average Bonchev–Trinajstić information content (AvgIpc) is 2.17. The van der Waals surface area contributed by atoms with Crippen molar-refractivity contribution in [2.75, 3.05) is 0 Å². The van der Waals surface area contributed by atoms with Crippen LogP contribution in [-0.4, -0.2) is 16.9 Å². The Labute approximate surface area is 104 Å². The van der Waals surface area contributed by atoms with Crippen LogP contribution in [0, 0.1) is 12.3 Å². The second kappa shape index (κ2) is 5.74. The molecule has 0 aromatic carbocycles. The Morgan fingerprint density at radius 3 is 2.88 bits per heavy atom. The van der Waals surface area contributed by atoms with Crippen LogP contribution in [0.3, 0.4) is 0 Å². The standard InChI is InChI=1S/C11H10Cl2N2O/c1-3-4-7(2)14-11(16)8-5-6-9(12)15-10(8)13/h1,5-7H,4H2,2H3,(H,14,16). The fourth-order valence-electron chi connectivity index (χ4n) is 1.11. The minimum atomic E-state index is -0.308. The predicted molar refractivity (Wildman–Crippen MR) is 64.6 cm³/mol. The molecule has 3 nitrogen and oxygen atoms in total. The largest absolute Gasteiger partial charge is 0.349 e.